The van der Waals surface area contributed by atoms with E-state index in [9.17, 15) is 9.59 Å². The van der Waals surface area contributed by atoms with Crippen LogP contribution in [0, 0.1) is 0 Å². The van der Waals surface area contributed by atoms with Gasteiger partial charge in [0.05, 0.1) is 0 Å². The molecule has 0 N–H and O–H groups in total. The smallest absolute Gasteiger partial charge is 0.410 e. The Labute approximate surface area is 162 Å². The molecule has 0 aromatic heterocycles. The zero-order valence-electron chi connectivity index (χ0n) is 16.9. The van der Waals surface area contributed by atoms with Gasteiger partial charge in [-0.3, -0.25) is 0 Å². The fraction of sp³-hybridized carbons (Fsp3) is 0.619. The summed E-state index contributed by atoms with van der Waals surface area (Å²) < 4.78 is 11.0. The van der Waals surface area contributed by atoms with Gasteiger partial charge in [0.1, 0.15) is 12.2 Å². The van der Waals surface area contributed by atoms with Gasteiger partial charge in [-0.1, -0.05) is 37.3 Å². The van der Waals surface area contributed by atoms with Crippen LogP contribution in [0.4, 0.5) is 9.59 Å². The van der Waals surface area contributed by atoms with E-state index >= 15 is 0 Å². The first-order valence-electron chi connectivity index (χ1n) is 9.75. The van der Waals surface area contributed by atoms with Crippen LogP contribution in [0.15, 0.2) is 30.3 Å². The number of carbonyl (C=O) groups excluding carboxylic acids is 2. The van der Waals surface area contributed by atoms with Crippen molar-refractivity contribution < 1.29 is 19.1 Å². The number of amides is 2. The van der Waals surface area contributed by atoms with Gasteiger partial charge in [-0.05, 0) is 45.6 Å². The third-order valence-corrected chi connectivity index (χ3v) is 4.46. The molecule has 2 rings (SSSR count). The first kappa shape index (κ1) is 21.1. The minimum atomic E-state index is -0.509. The van der Waals surface area contributed by atoms with Crippen molar-refractivity contribution in [2.24, 2.45) is 0 Å². The minimum absolute atomic E-state index is 0.0953. The van der Waals surface area contributed by atoms with Crippen LogP contribution in [0.1, 0.15) is 52.5 Å². The summed E-state index contributed by atoms with van der Waals surface area (Å²) in [6, 6.07) is 9.74. The molecule has 1 saturated heterocycles. The Morgan fingerprint density at radius 3 is 2.33 bits per heavy atom. The van der Waals surface area contributed by atoms with Crippen LogP contribution < -0.4 is 0 Å². The van der Waals surface area contributed by atoms with E-state index in [0.717, 1.165) is 24.8 Å². The van der Waals surface area contributed by atoms with Gasteiger partial charge < -0.3 is 19.3 Å². The highest BCUT2D eigenvalue weighted by Gasteiger charge is 2.32. The first-order chi connectivity index (χ1) is 12.8. The molecule has 0 spiro atoms. The molecule has 1 aliphatic rings. The van der Waals surface area contributed by atoms with Crippen LogP contribution in [-0.2, 0) is 16.1 Å². The van der Waals surface area contributed by atoms with E-state index in [-0.39, 0.29) is 24.8 Å². The molecule has 0 unspecified atom stereocenters. The van der Waals surface area contributed by atoms with E-state index in [0.29, 0.717) is 19.6 Å². The van der Waals surface area contributed by atoms with E-state index in [1.807, 2.05) is 62.9 Å². The predicted octanol–water partition coefficient (Wildman–Crippen LogP) is 4.43. The van der Waals surface area contributed by atoms with Crippen molar-refractivity contribution in [2.45, 2.75) is 65.2 Å². The third-order valence-electron chi connectivity index (χ3n) is 4.46. The lowest BCUT2D eigenvalue weighted by Crippen LogP contribution is -2.50. The Hall–Kier alpha value is -2.24. The van der Waals surface area contributed by atoms with Gasteiger partial charge in [-0.15, -0.1) is 0 Å². The number of hydrogen-bond donors (Lipinski definition) is 0. The van der Waals surface area contributed by atoms with Crippen LogP contribution in [0.2, 0.25) is 0 Å². The number of piperidine rings is 1. The number of ether oxygens (including phenoxy) is 2. The Morgan fingerprint density at radius 1 is 1.15 bits per heavy atom. The molecule has 0 radical (unpaired) electrons. The molecule has 0 atom stereocenters. The summed E-state index contributed by atoms with van der Waals surface area (Å²) in [5.41, 5.74) is 0.463. The lowest BCUT2D eigenvalue weighted by atomic mass is 10.0. The lowest BCUT2D eigenvalue weighted by molar-refractivity contribution is 0.00777. The second-order valence-electron chi connectivity index (χ2n) is 7.93. The zero-order chi connectivity index (χ0) is 19.9. The molecule has 0 aliphatic carbocycles. The summed E-state index contributed by atoms with van der Waals surface area (Å²) in [5.74, 6) is 0. The van der Waals surface area contributed by atoms with Crippen LogP contribution in [0.3, 0.4) is 0 Å². The van der Waals surface area contributed by atoms with Gasteiger partial charge in [0.2, 0.25) is 0 Å². The summed E-state index contributed by atoms with van der Waals surface area (Å²) in [5, 5.41) is 0. The van der Waals surface area contributed by atoms with Crippen LogP contribution in [0.25, 0.3) is 0 Å². The monoisotopic (exact) mass is 376 g/mol. The van der Waals surface area contributed by atoms with Gasteiger partial charge in [-0.2, -0.15) is 0 Å². The normalized spacial score (nSPS) is 15.3. The van der Waals surface area contributed by atoms with Gasteiger partial charge in [-0.25, -0.2) is 9.59 Å². The first-order valence-corrected chi connectivity index (χ1v) is 9.75. The van der Waals surface area contributed by atoms with Crippen molar-refractivity contribution in [2.75, 3.05) is 19.6 Å². The van der Waals surface area contributed by atoms with E-state index in [4.69, 9.17) is 9.47 Å². The van der Waals surface area contributed by atoms with Crippen molar-refractivity contribution in [3.8, 4) is 0 Å². The molecule has 6 heteroatoms. The Kier molecular flexibility index (Phi) is 7.51. The van der Waals surface area contributed by atoms with Crippen molar-refractivity contribution in [3.05, 3.63) is 35.9 Å². The minimum Gasteiger partial charge on any atom is -0.445 e. The van der Waals surface area contributed by atoms with Crippen LogP contribution >= 0.6 is 0 Å². The average Bonchev–Trinajstić information content (AvgIpc) is 2.63. The second-order valence-corrected chi connectivity index (χ2v) is 7.93. The standard InChI is InChI=1S/C21H32N2O4/c1-5-13-23(20(25)27-21(2,3)4)18-11-14-22(15-12-18)19(24)26-16-17-9-7-6-8-10-17/h6-10,18H,5,11-16H2,1-4H3. The highest BCUT2D eigenvalue weighted by molar-refractivity contribution is 5.69. The van der Waals surface area contributed by atoms with Gasteiger partial charge in [0, 0.05) is 25.7 Å². The Bertz CT molecular complexity index is 604. The Balaban J connectivity index is 1.84. The topological polar surface area (TPSA) is 59.1 Å². The molecule has 0 bridgehead atoms. The summed E-state index contributed by atoms with van der Waals surface area (Å²) in [7, 11) is 0. The molecule has 1 heterocycles. The van der Waals surface area contributed by atoms with E-state index in [2.05, 4.69) is 0 Å². The average molecular weight is 376 g/mol. The number of benzene rings is 1. The number of carbonyl (C=O) groups is 2. The van der Waals surface area contributed by atoms with Crippen molar-refractivity contribution in [3.63, 3.8) is 0 Å². The molecule has 27 heavy (non-hydrogen) atoms. The Morgan fingerprint density at radius 2 is 1.78 bits per heavy atom. The highest BCUT2D eigenvalue weighted by atomic mass is 16.6. The summed E-state index contributed by atoms with van der Waals surface area (Å²) >= 11 is 0. The largest absolute Gasteiger partial charge is 0.445 e. The molecule has 2 amide bonds. The maximum atomic E-state index is 12.5. The highest BCUT2D eigenvalue weighted by Crippen LogP contribution is 2.21. The van der Waals surface area contributed by atoms with Gasteiger partial charge in [0.25, 0.3) is 0 Å². The van der Waals surface area contributed by atoms with Crippen LogP contribution in [0.5, 0.6) is 0 Å². The molecular formula is C21H32N2O4. The van der Waals surface area contributed by atoms with Gasteiger partial charge >= 0.3 is 12.2 Å². The predicted molar refractivity (Wildman–Crippen MR) is 104 cm³/mol. The summed E-state index contributed by atoms with van der Waals surface area (Å²) in [6.07, 6.45) is 1.78. The number of hydrogen-bond acceptors (Lipinski definition) is 4. The maximum absolute atomic E-state index is 12.5. The van der Waals surface area contributed by atoms with E-state index in [1.165, 1.54) is 0 Å². The summed E-state index contributed by atoms with van der Waals surface area (Å²) in [4.78, 5) is 28.4. The van der Waals surface area contributed by atoms with Gasteiger partial charge in [0.15, 0.2) is 0 Å². The molecule has 150 valence electrons. The van der Waals surface area contributed by atoms with Crippen molar-refractivity contribution in [1.82, 2.24) is 9.80 Å². The summed E-state index contributed by atoms with van der Waals surface area (Å²) in [6.45, 7) is 9.79. The molecular weight excluding hydrogens is 344 g/mol. The molecule has 1 aromatic rings. The maximum Gasteiger partial charge on any atom is 0.410 e. The third kappa shape index (κ3) is 6.77. The molecule has 6 nitrogen and oxygen atoms in total. The number of nitrogens with zero attached hydrogens (tertiary/aromatic N) is 2. The van der Waals surface area contributed by atoms with Crippen molar-refractivity contribution >= 4 is 12.2 Å². The van der Waals surface area contributed by atoms with E-state index < -0.39 is 5.60 Å². The fourth-order valence-corrected chi connectivity index (χ4v) is 3.16. The van der Waals surface area contributed by atoms with E-state index in [1.54, 1.807) is 4.90 Å². The van der Waals surface area contributed by atoms with Crippen LogP contribution in [-0.4, -0.2) is 53.3 Å². The number of likely N-dealkylation sites (tertiary alicyclic amines) is 1. The molecule has 1 fully saturated rings. The van der Waals surface area contributed by atoms with Crippen molar-refractivity contribution in [1.29, 1.82) is 0 Å². The molecule has 1 aromatic carbocycles. The fourth-order valence-electron chi connectivity index (χ4n) is 3.16. The quantitative estimate of drug-likeness (QED) is 0.762. The number of rotatable bonds is 5. The second kappa shape index (κ2) is 9.62. The molecule has 1 aliphatic heterocycles. The SMILES string of the molecule is CCCN(C(=O)OC(C)(C)C)C1CCN(C(=O)OCc2ccccc2)CC1. The lowest BCUT2D eigenvalue weighted by Gasteiger charge is -2.38. The molecule has 0 saturated carbocycles. The zero-order valence-corrected chi connectivity index (χ0v) is 16.9.